The van der Waals surface area contributed by atoms with Crippen LogP contribution >= 0.6 is 11.8 Å². The average Bonchev–Trinajstić information content (AvgIpc) is 2.61. The number of carbonyl (C=O) groups is 1. The number of thioether (sulfide) groups is 1. The molecule has 0 amide bonds. The summed E-state index contributed by atoms with van der Waals surface area (Å²) in [5, 5.41) is 0.142. The lowest BCUT2D eigenvalue weighted by atomic mass is 9.78. The molecule has 0 heterocycles. The first kappa shape index (κ1) is 18.8. The zero-order valence-corrected chi connectivity index (χ0v) is 16.5. The van der Waals surface area contributed by atoms with Crippen molar-refractivity contribution in [2.45, 2.75) is 65.1 Å². The molecule has 3 nitrogen and oxygen atoms in total. The summed E-state index contributed by atoms with van der Waals surface area (Å²) in [6.45, 7) is 15.1. The first-order valence-corrected chi connectivity index (χ1v) is 12.3. The summed E-state index contributed by atoms with van der Waals surface area (Å²) in [5.74, 6) is -0.105. The Balaban J connectivity index is 3.23. The predicted octanol–water partition coefficient (Wildman–Crippen LogP) is 4.25. The van der Waals surface area contributed by atoms with Gasteiger partial charge in [-0.3, -0.25) is 4.79 Å². The molecule has 0 bridgehead atoms. The largest absolute Gasteiger partial charge is 0.465 e. The van der Waals surface area contributed by atoms with Gasteiger partial charge < -0.3 is 9.16 Å². The fraction of sp³-hybridized carbons (Fsp3) is 0.812. The normalized spacial score (nSPS) is 27.9. The van der Waals surface area contributed by atoms with Gasteiger partial charge in [-0.05, 0) is 60.0 Å². The molecule has 1 aliphatic carbocycles. The second kappa shape index (κ2) is 6.88. The van der Waals surface area contributed by atoms with Gasteiger partial charge in [-0.15, -0.1) is 0 Å². The monoisotopic (exact) mass is 330 g/mol. The summed E-state index contributed by atoms with van der Waals surface area (Å²) in [7, 11) is -1.73. The van der Waals surface area contributed by atoms with Gasteiger partial charge in [0.05, 0.1) is 12.7 Å². The topological polar surface area (TPSA) is 35.5 Å². The Bertz CT molecular complexity index is 428. The van der Waals surface area contributed by atoms with Gasteiger partial charge >= 0.3 is 5.97 Å². The molecular weight excluding hydrogens is 300 g/mol. The minimum atomic E-state index is -1.73. The molecule has 0 aromatic carbocycles. The van der Waals surface area contributed by atoms with Gasteiger partial charge in [0, 0.05) is 5.25 Å². The number of carbonyl (C=O) groups excluding carboxylic acids is 1. The van der Waals surface area contributed by atoms with E-state index < -0.39 is 13.7 Å². The van der Waals surface area contributed by atoms with Crippen LogP contribution in [0, 0.1) is 5.41 Å². The van der Waals surface area contributed by atoms with Crippen molar-refractivity contribution in [3.8, 4) is 0 Å². The van der Waals surface area contributed by atoms with Crippen molar-refractivity contribution in [1.82, 2.24) is 0 Å². The number of allylic oxidation sites excluding steroid dienone is 1. The van der Waals surface area contributed by atoms with Gasteiger partial charge in [0.2, 0.25) is 0 Å². The molecular formula is C16H30O3SSi. The lowest BCUT2D eigenvalue weighted by molar-refractivity contribution is -0.160. The van der Waals surface area contributed by atoms with Crippen LogP contribution in [0.1, 0.15) is 34.1 Å². The maximum absolute atomic E-state index is 12.8. The minimum Gasteiger partial charge on any atom is -0.465 e. The van der Waals surface area contributed by atoms with Crippen molar-refractivity contribution >= 4 is 26.0 Å². The quantitative estimate of drug-likeness (QED) is 0.414. The number of hydrogen-bond donors (Lipinski definition) is 0. The molecule has 0 aliphatic heterocycles. The smallest absolute Gasteiger partial charge is 0.316 e. The Hall–Kier alpha value is -0.263. The first-order chi connectivity index (χ1) is 9.60. The van der Waals surface area contributed by atoms with Crippen LogP contribution in [-0.2, 0) is 14.0 Å². The van der Waals surface area contributed by atoms with Crippen LogP contribution in [0.15, 0.2) is 11.1 Å². The number of esters is 1. The SMILES string of the molecule is CCOC(=O)C1(C(C)O[Si](C)(C)C)CC(C)=C(C)C1SC. The Labute approximate surface area is 135 Å². The van der Waals surface area contributed by atoms with Crippen LogP contribution in [0.25, 0.3) is 0 Å². The van der Waals surface area contributed by atoms with E-state index in [9.17, 15) is 4.79 Å². The molecule has 5 heteroatoms. The van der Waals surface area contributed by atoms with E-state index in [-0.39, 0.29) is 17.3 Å². The molecule has 0 N–H and O–H groups in total. The van der Waals surface area contributed by atoms with Gasteiger partial charge in [0.1, 0.15) is 5.41 Å². The van der Waals surface area contributed by atoms with Gasteiger partial charge in [0.25, 0.3) is 0 Å². The highest BCUT2D eigenvalue weighted by Gasteiger charge is 2.56. The van der Waals surface area contributed by atoms with Gasteiger partial charge in [-0.1, -0.05) is 11.1 Å². The summed E-state index contributed by atoms with van der Waals surface area (Å²) in [6, 6.07) is 0. The second-order valence-electron chi connectivity index (χ2n) is 6.89. The summed E-state index contributed by atoms with van der Waals surface area (Å²) in [5.41, 5.74) is 2.03. The molecule has 1 rings (SSSR count). The van der Waals surface area contributed by atoms with Crippen LogP contribution in [0.3, 0.4) is 0 Å². The maximum atomic E-state index is 12.8. The van der Waals surface area contributed by atoms with Crippen molar-refractivity contribution in [3.05, 3.63) is 11.1 Å². The number of hydrogen-bond acceptors (Lipinski definition) is 4. The Morgan fingerprint density at radius 1 is 1.43 bits per heavy atom. The third kappa shape index (κ3) is 3.74. The Morgan fingerprint density at radius 3 is 2.43 bits per heavy atom. The van der Waals surface area contributed by atoms with Crippen molar-refractivity contribution in [2.24, 2.45) is 5.41 Å². The van der Waals surface area contributed by atoms with E-state index in [1.165, 1.54) is 11.1 Å². The second-order valence-corrected chi connectivity index (χ2v) is 12.3. The highest BCUT2D eigenvalue weighted by atomic mass is 32.2. The van der Waals surface area contributed by atoms with Gasteiger partial charge in [-0.2, -0.15) is 11.8 Å². The van der Waals surface area contributed by atoms with E-state index in [1.807, 2.05) is 13.8 Å². The number of ether oxygens (including phenoxy) is 1. The maximum Gasteiger partial charge on any atom is 0.316 e. The lowest BCUT2D eigenvalue weighted by Crippen LogP contribution is -2.51. The summed E-state index contributed by atoms with van der Waals surface area (Å²) in [4.78, 5) is 12.8. The minimum absolute atomic E-state index is 0.105. The van der Waals surface area contributed by atoms with E-state index in [0.717, 1.165) is 6.42 Å². The molecule has 1 aliphatic rings. The summed E-state index contributed by atoms with van der Waals surface area (Å²) >= 11 is 1.74. The molecule has 0 fully saturated rings. The van der Waals surface area contributed by atoms with E-state index in [0.29, 0.717) is 6.61 Å². The zero-order valence-electron chi connectivity index (χ0n) is 14.7. The molecule has 21 heavy (non-hydrogen) atoms. The fourth-order valence-corrected chi connectivity index (χ4v) is 5.89. The molecule has 0 saturated heterocycles. The van der Waals surface area contributed by atoms with E-state index in [4.69, 9.17) is 9.16 Å². The molecule has 0 aromatic rings. The first-order valence-electron chi connectivity index (χ1n) is 7.64. The molecule has 0 radical (unpaired) electrons. The summed E-state index contributed by atoms with van der Waals surface area (Å²) in [6.07, 6.45) is 2.68. The van der Waals surface area contributed by atoms with Crippen LogP contribution < -0.4 is 0 Å². The van der Waals surface area contributed by atoms with Gasteiger partial charge in [0.15, 0.2) is 8.32 Å². The average molecular weight is 331 g/mol. The van der Waals surface area contributed by atoms with Crippen LogP contribution in [0.2, 0.25) is 19.6 Å². The van der Waals surface area contributed by atoms with Crippen LogP contribution in [0.4, 0.5) is 0 Å². The van der Waals surface area contributed by atoms with Crippen molar-refractivity contribution in [1.29, 1.82) is 0 Å². The van der Waals surface area contributed by atoms with E-state index in [2.05, 4.69) is 39.7 Å². The van der Waals surface area contributed by atoms with Crippen LogP contribution in [0.5, 0.6) is 0 Å². The van der Waals surface area contributed by atoms with Crippen LogP contribution in [-0.4, -0.2) is 38.5 Å². The van der Waals surface area contributed by atoms with Crippen molar-refractivity contribution in [3.63, 3.8) is 0 Å². The highest BCUT2D eigenvalue weighted by Crippen LogP contribution is 2.51. The molecule has 0 saturated carbocycles. The zero-order chi connectivity index (χ0) is 16.4. The standard InChI is InChI=1S/C16H30O3SSi/c1-9-18-15(17)16(13(4)19-21(6,7)8)10-11(2)12(3)14(16)20-5/h13-14H,9-10H2,1-8H3. The predicted molar refractivity (Wildman–Crippen MR) is 93.3 cm³/mol. The molecule has 0 aromatic heterocycles. The molecule has 3 unspecified atom stereocenters. The molecule has 3 atom stereocenters. The van der Waals surface area contributed by atoms with Crippen molar-refractivity contribution in [2.75, 3.05) is 12.9 Å². The molecule has 0 spiro atoms. The van der Waals surface area contributed by atoms with E-state index >= 15 is 0 Å². The summed E-state index contributed by atoms with van der Waals surface area (Å²) < 4.78 is 11.8. The fourth-order valence-electron chi connectivity index (χ4n) is 3.27. The third-order valence-electron chi connectivity index (χ3n) is 4.24. The Kier molecular flexibility index (Phi) is 6.15. The lowest BCUT2D eigenvalue weighted by Gasteiger charge is -2.41. The molecule has 122 valence electrons. The third-order valence-corrected chi connectivity index (χ3v) is 6.55. The van der Waals surface area contributed by atoms with Crippen molar-refractivity contribution < 1.29 is 14.0 Å². The number of rotatable bonds is 6. The van der Waals surface area contributed by atoms with E-state index in [1.54, 1.807) is 11.8 Å². The highest BCUT2D eigenvalue weighted by molar-refractivity contribution is 7.99. The Morgan fingerprint density at radius 2 is 2.00 bits per heavy atom. The van der Waals surface area contributed by atoms with Gasteiger partial charge in [-0.25, -0.2) is 0 Å².